The molecule has 1 heterocycles. The monoisotopic (exact) mass is 311 g/mol. The van der Waals surface area contributed by atoms with Crippen LogP contribution < -0.4 is 10.1 Å². The molecule has 1 aliphatic rings. The molecule has 1 unspecified atom stereocenters. The molecule has 2 aromatic rings. The van der Waals surface area contributed by atoms with E-state index >= 15 is 0 Å². The van der Waals surface area contributed by atoms with Crippen LogP contribution in [0.4, 0.5) is 5.69 Å². The van der Waals surface area contributed by atoms with Gasteiger partial charge in [-0.3, -0.25) is 4.79 Å². The number of phenols is 1. The SMILES string of the molecule is CCOC1Oc2ccccc2C(=O)/C1=C/Nc1ccc(O)cc1. The maximum atomic E-state index is 12.7. The summed E-state index contributed by atoms with van der Waals surface area (Å²) < 4.78 is 11.3. The van der Waals surface area contributed by atoms with Crippen molar-refractivity contribution in [1.29, 1.82) is 0 Å². The zero-order valence-corrected chi connectivity index (χ0v) is 12.7. The van der Waals surface area contributed by atoms with Crippen molar-refractivity contribution >= 4 is 11.5 Å². The minimum atomic E-state index is -0.744. The molecular weight excluding hydrogens is 294 g/mol. The Morgan fingerprint density at radius 1 is 1.22 bits per heavy atom. The molecule has 0 amide bonds. The summed E-state index contributed by atoms with van der Waals surface area (Å²) in [6.07, 6.45) is 0.845. The van der Waals surface area contributed by atoms with Crippen molar-refractivity contribution in [2.24, 2.45) is 0 Å². The van der Waals surface area contributed by atoms with Crippen LogP contribution in [0, 0.1) is 0 Å². The number of benzene rings is 2. The van der Waals surface area contributed by atoms with Gasteiger partial charge in [0.15, 0.2) is 5.78 Å². The third-order valence-corrected chi connectivity index (χ3v) is 3.46. The predicted octanol–water partition coefficient (Wildman–Crippen LogP) is 3.33. The van der Waals surface area contributed by atoms with E-state index in [-0.39, 0.29) is 11.5 Å². The van der Waals surface area contributed by atoms with Gasteiger partial charge >= 0.3 is 0 Å². The lowest BCUT2D eigenvalue weighted by Gasteiger charge is -2.27. The minimum absolute atomic E-state index is 0.128. The number of hydrogen-bond acceptors (Lipinski definition) is 5. The Bertz CT molecular complexity index is 737. The van der Waals surface area contributed by atoms with Crippen LogP contribution in [-0.2, 0) is 4.74 Å². The van der Waals surface area contributed by atoms with Crippen LogP contribution in [0.1, 0.15) is 17.3 Å². The second-order valence-corrected chi connectivity index (χ2v) is 5.02. The summed E-state index contributed by atoms with van der Waals surface area (Å²) in [6, 6.07) is 13.7. The van der Waals surface area contributed by atoms with Gasteiger partial charge in [-0.15, -0.1) is 0 Å². The van der Waals surface area contributed by atoms with Crippen molar-refractivity contribution in [2.45, 2.75) is 13.2 Å². The maximum Gasteiger partial charge on any atom is 0.232 e. The summed E-state index contributed by atoms with van der Waals surface area (Å²) in [5.74, 6) is 0.579. The quantitative estimate of drug-likeness (QED) is 0.669. The number of fused-ring (bicyclic) bond motifs is 1. The van der Waals surface area contributed by atoms with Crippen molar-refractivity contribution < 1.29 is 19.4 Å². The molecule has 1 aliphatic heterocycles. The second kappa shape index (κ2) is 6.54. The van der Waals surface area contributed by atoms with E-state index in [0.29, 0.717) is 23.5 Å². The Kier molecular flexibility index (Phi) is 4.30. The van der Waals surface area contributed by atoms with Gasteiger partial charge in [-0.25, -0.2) is 0 Å². The van der Waals surface area contributed by atoms with Crippen LogP contribution in [0.15, 0.2) is 60.3 Å². The smallest absolute Gasteiger partial charge is 0.232 e. The first-order chi connectivity index (χ1) is 11.2. The lowest BCUT2D eigenvalue weighted by Crippen LogP contribution is -2.33. The fourth-order valence-electron chi connectivity index (χ4n) is 2.33. The maximum absolute atomic E-state index is 12.7. The highest BCUT2D eigenvalue weighted by atomic mass is 16.7. The first-order valence-electron chi connectivity index (χ1n) is 7.36. The van der Waals surface area contributed by atoms with Gasteiger partial charge < -0.3 is 19.9 Å². The molecule has 23 heavy (non-hydrogen) atoms. The van der Waals surface area contributed by atoms with Gasteiger partial charge in [-0.05, 0) is 43.3 Å². The lowest BCUT2D eigenvalue weighted by molar-refractivity contribution is -0.0509. The van der Waals surface area contributed by atoms with Crippen molar-refractivity contribution in [1.82, 2.24) is 0 Å². The molecule has 2 aromatic carbocycles. The molecule has 1 atom stereocenters. The Balaban J connectivity index is 1.89. The molecule has 5 nitrogen and oxygen atoms in total. The molecule has 0 aliphatic carbocycles. The van der Waals surface area contributed by atoms with Gasteiger partial charge in [0.1, 0.15) is 11.5 Å². The van der Waals surface area contributed by atoms with Crippen molar-refractivity contribution in [3.8, 4) is 11.5 Å². The number of rotatable bonds is 4. The molecule has 3 rings (SSSR count). The number of phenolic OH excluding ortho intramolecular Hbond substituents is 1. The highest BCUT2D eigenvalue weighted by Gasteiger charge is 2.32. The standard InChI is InChI=1S/C18H17NO4/c1-2-22-18-15(11-19-12-7-9-13(20)10-8-12)17(21)14-5-3-4-6-16(14)23-18/h3-11,18-20H,2H2,1H3/b15-11-. The van der Waals surface area contributed by atoms with Gasteiger partial charge in [0, 0.05) is 18.5 Å². The number of ketones is 1. The van der Waals surface area contributed by atoms with Crippen LogP contribution in [0.3, 0.4) is 0 Å². The molecule has 0 fully saturated rings. The van der Waals surface area contributed by atoms with Crippen LogP contribution in [0.2, 0.25) is 0 Å². The number of anilines is 1. The van der Waals surface area contributed by atoms with Crippen molar-refractivity contribution in [3.05, 3.63) is 65.9 Å². The number of para-hydroxylation sites is 1. The summed E-state index contributed by atoms with van der Waals surface area (Å²) in [5, 5.41) is 12.3. The van der Waals surface area contributed by atoms with Crippen molar-refractivity contribution in [3.63, 3.8) is 0 Å². The number of nitrogens with one attached hydrogen (secondary N) is 1. The number of carbonyl (C=O) groups excluding carboxylic acids is 1. The minimum Gasteiger partial charge on any atom is -0.508 e. The summed E-state index contributed by atoms with van der Waals surface area (Å²) in [4.78, 5) is 12.7. The number of Topliss-reactive ketones (excluding diaryl/α,β-unsaturated/α-hetero) is 1. The Hall–Kier alpha value is -2.79. The molecule has 5 heteroatoms. The molecule has 0 bridgehead atoms. The average Bonchev–Trinajstić information content (AvgIpc) is 2.56. The van der Waals surface area contributed by atoms with E-state index in [4.69, 9.17) is 9.47 Å². The predicted molar refractivity (Wildman–Crippen MR) is 86.6 cm³/mol. The van der Waals surface area contributed by atoms with Crippen molar-refractivity contribution in [2.75, 3.05) is 11.9 Å². The summed E-state index contributed by atoms with van der Waals surface area (Å²) in [5.41, 5.74) is 1.66. The van der Waals surface area contributed by atoms with E-state index in [0.717, 1.165) is 5.69 Å². The summed E-state index contributed by atoms with van der Waals surface area (Å²) >= 11 is 0. The lowest BCUT2D eigenvalue weighted by atomic mass is 10.00. The van der Waals surface area contributed by atoms with Gasteiger partial charge in [0.05, 0.1) is 11.1 Å². The largest absolute Gasteiger partial charge is 0.508 e. The summed E-state index contributed by atoms with van der Waals surface area (Å²) in [7, 11) is 0. The normalized spacial score (nSPS) is 18.4. The molecule has 118 valence electrons. The molecule has 0 aromatic heterocycles. The fraction of sp³-hybridized carbons (Fsp3) is 0.167. The molecule has 0 saturated carbocycles. The topological polar surface area (TPSA) is 67.8 Å². The molecule has 2 N–H and O–H groups in total. The number of hydrogen-bond donors (Lipinski definition) is 2. The van der Waals surface area contributed by atoms with Crippen LogP contribution in [-0.4, -0.2) is 23.8 Å². The van der Waals surface area contributed by atoms with E-state index < -0.39 is 6.29 Å². The van der Waals surface area contributed by atoms with Gasteiger partial charge in [-0.1, -0.05) is 12.1 Å². The highest BCUT2D eigenvalue weighted by molar-refractivity contribution is 6.12. The molecule has 0 saturated heterocycles. The Morgan fingerprint density at radius 3 is 2.70 bits per heavy atom. The molecule has 0 spiro atoms. The van der Waals surface area contributed by atoms with E-state index in [1.165, 1.54) is 0 Å². The summed E-state index contributed by atoms with van der Waals surface area (Å²) in [6.45, 7) is 2.27. The van der Waals surface area contributed by atoms with Gasteiger partial charge in [-0.2, -0.15) is 0 Å². The van der Waals surface area contributed by atoms with Crippen LogP contribution in [0.5, 0.6) is 11.5 Å². The van der Waals surface area contributed by atoms with Crippen LogP contribution in [0.25, 0.3) is 0 Å². The van der Waals surface area contributed by atoms with Gasteiger partial charge in [0.25, 0.3) is 0 Å². The first kappa shape index (κ1) is 15.1. The average molecular weight is 311 g/mol. The fourth-order valence-corrected chi connectivity index (χ4v) is 2.33. The Labute approximate surface area is 134 Å². The van der Waals surface area contributed by atoms with E-state index in [9.17, 15) is 9.90 Å². The van der Waals surface area contributed by atoms with E-state index in [1.54, 1.807) is 48.7 Å². The number of ether oxygens (including phenoxy) is 2. The third kappa shape index (κ3) is 3.19. The first-order valence-corrected chi connectivity index (χ1v) is 7.36. The van der Waals surface area contributed by atoms with E-state index in [2.05, 4.69) is 5.32 Å². The van der Waals surface area contributed by atoms with Crippen LogP contribution >= 0.6 is 0 Å². The zero-order chi connectivity index (χ0) is 16.2. The highest BCUT2D eigenvalue weighted by Crippen LogP contribution is 2.31. The third-order valence-electron chi connectivity index (χ3n) is 3.46. The zero-order valence-electron chi connectivity index (χ0n) is 12.7. The van der Waals surface area contributed by atoms with E-state index in [1.807, 2.05) is 13.0 Å². The number of carbonyl (C=O) groups is 1. The van der Waals surface area contributed by atoms with Gasteiger partial charge in [0.2, 0.25) is 6.29 Å². The molecular formula is C18H17NO4. The Morgan fingerprint density at radius 2 is 1.96 bits per heavy atom. The number of aromatic hydroxyl groups is 1. The molecule has 0 radical (unpaired) electrons. The second-order valence-electron chi connectivity index (χ2n) is 5.02.